The number of aryl methyl sites for hydroxylation is 1. The molecule has 5 heteroatoms. The molecule has 1 unspecified atom stereocenters. The summed E-state index contributed by atoms with van der Waals surface area (Å²) in [5, 5.41) is 11.3. The summed E-state index contributed by atoms with van der Waals surface area (Å²) in [5.74, 6) is 0.808. The van der Waals surface area contributed by atoms with Gasteiger partial charge in [-0.05, 0) is 37.5 Å². The lowest BCUT2D eigenvalue weighted by Crippen LogP contribution is -2.42. The lowest BCUT2D eigenvalue weighted by molar-refractivity contribution is 0.593. The molecular weight excluding hydrogens is 334 g/mol. The van der Waals surface area contributed by atoms with Gasteiger partial charge in [-0.25, -0.2) is 4.68 Å². The number of nitrogens with one attached hydrogen (secondary N) is 2. The Balaban J connectivity index is 1.47. The second-order valence-corrected chi connectivity index (χ2v) is 6.62. The maximum Gasteiger partial charge on any atom is 0.191 e. The van der Waals surface area contributed by atoms with Gasteiger partial charge in [0.25, 0.3) is 0 Å². The van der Waals surface area contributed by atoms with Crippen molar-refractivity contribution in [2.24, 2.45) is 4.99 Å². The van der Waals surface area contributed by atoms with Crippen LogP contribution < -0.4 is 10.6 Å². The summed E-state index contributed by atoms with van der Waals surface area (Å²) >= 11 is 0. The lowest BCUT2D eigenvalue weighted by atomic mass is 10.1. The minimum Gasteiger partial charge on any atom is -0.354 e. The normalized spacial score (nSPS) is 12.6. The zero-order valence-electron chi connectivity index (χ0n) is 16.0. The Labute approximate surface area is 161 Å². The summed E-state index contributed by atoms with van der Waals surface area (Å²) < 4.78 is 1.88. The van der Waals surface area contributed by atoms with Gasteiger partial charge in [-0.3, -0.25) is 4.99 Å². The predicted octanol–water partition coefficient (Wildman–Crippen LogP) is 3.56. The summed E-state index contributed by atoms with van der Waals surface area (Å²) in [6.45, 7) is 2.86. The van der Waals surface area contributed by atoms with Crippen LogP contribution in [0.25, 0.3) is 5.69 Å². The van der Waals surface area contributed by atoms with E-state index in [1.807, 2.05) is 47.4 Å². The second kappa shape index (κ2) is 9.57. The van der Waals surface area contributed by atoms with Gasteiger partial charge in [-0.15, -0.1) is 0 Å². The van der Waals surface area contributed by atoms with Gasteiger partial charge in [0.2, 0.25) is 0 Å². The van der Waals surface area contributed by atoms with Crippen LogP contribution in [0.3, 0.4) is 0 Å². The van der Waals surface area contributed by atoms with Crippen LogP contribution in [0.4, 0.5) is 0 Å². The molecule has 5 nitrogen and oxygen atoms in total. The minimum absolute atomic E-state index is 0.337. The van der Waals surface area contributed by atoms with Gasteiger partial charge in [0.15, 0.2) is 5.96 Å². The molecule has 27 heavy (non-hydrogen) atoms. The highest BCUT2D eigenvalue weighted by Gasteiger charge is 2.07. The smallest absolute Gasteiger partial charge is 0.191 e. The van der Waals surface area contributed by atoms with Crippen LogP contribution in [0.1, 0.15) is 24.5 Å². The van der Waals surface area contributed by atoms with Gasteiger partial charge >= 0.3 is 0 Å². The van der Waals surface area contributed by atoms with Crippen LogP contribution in [0.15, 0.2) is 78.0 Å². The van der Waals surface area contributed by atoms with Crippen molar-refractivity contribution in [2.45, 2.75) is 32.4 Å². The molecule has 0 spiro atoms. The summed E-state index contributed by atoms with van der Waals surface area (Å²) in [6.07, 6.45) is 6.02. The molecule has 2 N–H and O–H groups in total. The molecule has 0 saturated carbocycles. The van der Waals surface area contributed by atoms with Crippen molar-refractivity contribution >= 4 is 5.96 Å². The largest absolute Gasteiger partial charge is 0.354 e. The van der Waals surface area contributed by atoms with Gasteiger partial charge in [0, 0.05) is 31.4 Å². The van der Waals surface area contributed by atoms with Gasteiger partial charge in [0.1, 0.15) is 0 Å². The van der Waals surface area contributed by atoms with Gasteiger partial charge in [0.05, 0.1) is 11.9 Å². The molecule has 1 aromatic heterocycles. The van der Waals surface area contributed by atoms with Crippen LogP contribution >= 0.6 is 0 Å². The standard InChI is InChI=1S/C22H27N5/c1-18(13-14-19-9-5-3-6-10-19)26-22(23-2)24-15-20-16-25-27(17-20)21-11-7-4-8-12-21/h3-12,16-18H,13-15H2,1-2H3,(H2,23,24,26). The fourth-order valence-corrected chi connectivity index (χ4v) is 2.89. The Morgan fingerprint density at radius 1 is 1.04 bits per heavy atom. The first-order valence-electron chi connectivity index (χ1n) is 9.34. The third kappa shape index (κ3) is 5.71. The van der Waals surface area contributed by atoms with Crippen molar-refractivity contribution in [3.8, 4) is 5.69 Å². The van der Waals surface area contributed by atoms with E-state index >= 15 is 0 Å². The molecule has 1 atom stereocenters. The number of para-hydroxylation sites is 1. The van der Waals surface area contributed by atoms with E-state index in [1.165, 1.54) is 5.56 Å². The van der Waals surface area contributed by atoms with Crippen molar-refractivity contribution in [2.75, 3.05) is 7.05 Å². The summed E-state index contributed by atoms with van der Waals surface area (Å²) in [5.41, 5.74) is 3.53. The average Bonchev–Trinajstić information content (AvgIpc) is 3.20. The second-order valence-electron chi connectivity index (χ2n) is 6.62. The lowest BCUT2D eigenvalue weighted by Gasteiger charge is -2.17. The van der Waals surface area contributed by atoms with Crippen molar-refractivity contribution < 1.29 is 0 Å². The Bertz CT molecular complexity index is 839. The van der Waals surface area contributed by atoms with Crippen molar-refractivity contribution in [1.29, 1.82) is 0 Å². The zero-order valence-corrected chi connectivity index (χ0v) is 16.0. The van der Waals surface area contributed by atoms with E-state index < -0.39 is 0 Å². The molecule has 140 valence electrons. The first-order valence-corrected chi connectivity index (χ1v) is 9.34. The molecule has 0 aliphatic carbocycles. The summed E-state index contributed by atoms with van der Waals surface area (Å²) in [4.78, 5) is 4.33. The SMILES string of the molecule is CN=C(NCc1cnn(-c2ccccc2)c1)NC(C)CCc1ccccc1. The topological polar surface area (TPSA) is 54.2 Å². The number of hydrogen-bond acceptors (Lipinski definition) is 2. The molecule has 0 fully saturated rings. The van der Waals surface area contributed by atoms with Crippen molar-refractivity contribution in [1.82, 2.24) is 20.4 Å². The number of nitrogens with zero attached hydrogens (tertiary/aromatic N) is 3. The molecule has 0 aliphatic rings. The van der Waals surface area contributed by atoms with E-state index in [-0.39, 0.29) is 0 Å². The minimum atomic E-state index is 0.337. The average molecular weight is 361 g/mol. The van der Waals surface area contributed by atoms with Gasteiger partial charge in [-0.1, -0.05) is 48.5 Å². The Hall–Kier alpha value is -3.08. The number of aromatic nitrogens is 2. The number of rotatable bonds is 7. The monoisotopic (exact) mass is 361 g/mol. The Morgan fingerprint density at radius 2 is 1.74 bits per heavy atom. The molecule has 2 aromatic carbocycles. The molecule has 0 amide bonds. The molecule has 0 bridgehead atoms. The molecule has 0 radical (unpaired) electrons. The van der Waals surface area contributed by atoms with Crippen LogP contribution in [0.5, 0.6) is 0 Å². The number of aliphatic imine (C=N–C) groups is 1. The van der Waals surface area contributed by atoms with Crippen molar-refractivity contribution in [3.05, 3.63) is 84.2 Å². The van der Waals surface area contributed by atoms with E-state index in [0.717, 1.165) is 30.1 Å². The van der Waals surface area contributed by atoms with Gasteiger partial charge < -0.3 is 10.6 Å². The molecule has 0 saturated heterocycles. The predicted molar refractivity (Wildman–Crippen MR) is 111 cm³/mol. The number of guanidine groups is 1. The van der Waals surface area contributed by atoms with E-state index in [9.17, 15) is 0 Å². The van der Waals surface area contributed by atoms with E-state index in [0.29, 0.717) is 12.6 Å². The highest BCUT2D eigenvalue weighted by atomic mass is 15.3. The molecule has 3 aromatic rings. The van der Waals surface area contributed by atoms with Crippen LogP contribution in [0.2, 0.25) is 0 Å². The molecule has 3 rings (SSSR count). The Kier molecular flexibility index (Phi) is 6.63. The van der Waals surface area contributed by atoms with Gasteiger partial charge in [-0.2, -0.15) is 5.10 Å². The maximum absolute atomic E-state index is 4.43. The third-order valence-electron chi connectivity index (χ3n) is 4.43. The first-order chi connectivity index (χ1) is 13.2. The quantitative estimate of drug-likeness (QED) is 0.500. The van der Waals surface area contributed by atoms with E-state index in [2.05, 4.69) is 58.0 Å². The summed E-state index contributed by atoms with van der Waals surface area (Å²) in [6, 6.07) is 21.0. The third-order valence-corrected chi connectivity index (χ3v) is 4.43. The maximum atomic E-state index is 4.43. The fraction of sp³-hybridized carbons (Fsp3) is 0.273. The van der Waals surface area contributed by atoms with Crippen LogP contribution in [-0.2, 0) is 13.0 Å². The first kappa shape index (κ1) is 18.7. The highest BCUT2D eigenvalue weighted by Crippen LogP contribution is 2.08. The number of benzene rings is 2. The van der Waals surface area contributed by atoms with E-state index in [1.54, 1.807) is 7.05 Å². The summed E-state index contributed by atoms with van der Waals surface area (Å²) in [7, 11) is 1.80. The van der Waals surface area contributed by atoms with Crippen LogP contribution in [-0.4, -0.2) is 28.8 Å². The molecular formula is C22H27N5. The Morgan fingerprint density at radius 3 is 2.44 bits per heavy atom. The van der Waals surface area contributed by atoms with E-state index in [4.69, 9.17) is 0 Å². The molecule has 1 heterocycles. The fourth-order valence-electron chi connectivity index (χ4n) is 2.89. The molecule has 0 aliphatic heterocycles. The zero-order chi connectivity index (χ0) is 18.9. The van der Waals surface area contributed by atoms with Crippen LogP contribution in [0, 0.1) is 0 Å². The highest BCUT2D eigenvalue weighted by molar-refractivity contribution is 5.79. The van der Waals surface area contributed by atoms with Crippen molar-refractivity contribution in [3.63, 3.8) is 0 Å². The number of hydrogen-bond donors (Lipinski definition) is 2.